The highest BCUT2D eigenvalue weighted by molar-refractivity contribution is 5.44. The number of hydrogen-bond donors (Lipinski definition) is 1. The van der Waals surface area contributed by atoms with Gasteiger partial charge in [-0.1, -0.05) is 26.5 Å². The average molecular weight is 269 g/mol. The molecule has 0 radical (unpaired) electrons. The van der Waals surface area contributed by atoms with Gasteiger partial charge in [0.25, 0.3) is 0 Å². The topological polar surface area (TPSA) is 37.8 Å². The first-order valence-electron chi connectivity index (χ1n) is 6.87. The van der Waals surface area contributed by atoms with E-state index < -0.39 is 0 Å². The van der Waals surface area contributed by atoms with E-state index in [4.69, 9.17) is 0 Å². The predicted octanol–water partition coefficient (Wildman–Crippen LogP) is 3.35. The van der Waals surface area contributed by atoms with Crippen LogP contribution < -0.4 is 5.32 Å². The molecule has 0 aliphatic rings. The molecule has 0 atom stereocenters. The van der Waals surface area contributed by atoms with Gasteiger partial charge in [0.2, 0.25) is 0 Å². The normalized spacial score (nSPS) is 9.75. The van der Waals surface area contributed by atoms with Crippen molar-refractivity contribution in [1.82, 2.24) is 15.3 Å². The Morgan fingerprint density at radius 2 is 1.60 bits per heavy atom. The van der Waals surface area contributed by atoms with Gasteiger partial charge in [0, 0.05) is 30.8 Å². The average Bonchev–Trinajstić information content (AvgIpc) is 2.49. The summed E-state index contributed by atoms with van der Waals surface area (Å²) in [7, 11) is 0. The highest BCUT2D eigenvalue weighted by Gasteiger charge is 1.93. The molecule has 0 spiro atoms. The van der Waals surface area contributed by atoms with E-state index in [0.717, 1.165) is 18.5 Å². The summed E-state index contributed by atoms with van der Waals surface area (Å²) in [5.74, 6) is 0. The van der Waals surface area contributed by atoms with Crippen molar-refractivity contribution in [2.45, 2.75) is 26.3 Å². The zero-order valence-electron chi connectivity index (χ0n) is 12.3. The number of nitrogens with one attached hydrogen (secondary N) is 1. The summed E-state index contributed by atoms with van der Waals surface area (Å²) in [5.41, 5.74) is 2.46. The number of hydrogen-bond acceptors (Lipinski definition) is 3. The number of rotatable bonds is 5. The summed E-state index contributed by atoms with van der Waals surface area (Å²) in [6.07, 6.45) is 10.0. The van der Waals surface area contributed by atoms with Crippen LogP contribution in [0, 0.1) is 0 Å². The van der Waals surface area contributed by atoms with Gasteiger partial charge in [0.15, 0.2) is 0 Å². The largest absolute Gasteiger partial charge is 0.314 e. The molecule has 1 N–H and O–H groups in total. The molecule has 3 nitrogen and oxygen atoms in total. The molecule has 2 heterocycles. The van der Waals surface area contributed by atoms with E-state index in [1.165, 1.54) is 5.56 Å². The smallest absolute Gasteiger partial charge is 0.0273 e. The van der Waals surface area contributed by atoms with E-state index in [1.54, 1.807) is 18.5 Å². The molecule has 0 fully saturated rings. The van der Waals surface area contributed by atoms with Gasteiger partial charge in [0.1, 0.15) is 0 Å². The van der Waals surface area contributed by atoms with Crippen molar-refractivity contribution in [3.8, 4) is 0 Å². The minimum atomic E-state index is 0.576. The van der Waals surface area contributed by atoms with Crippen molar-refractivity contribution in [3.63, 3.8) is 0 Å². The van der Waals surface area contributed by atoms with E-state index in [2.05, 4.69) is 47.8 Å². The van der Waals surface area contributed by atoms with Crippen molar-refractivity contribution in [1.29, 1.82) is 0 Å². The molecule has 2 rings (SSSR count). The molecule has 0 aliphatic carbocycles. The van der Waals surface area contributed by atoms with Crippen molar-refractivity contribution in [2.24, 2.45) is 0 Å². The SMILES string of the molecule is C=Cc1ccncc1.CC(C)NCCc1ccncc1. The van der Waals surface area contributed by atoms with Gasteiger partial charge in [-0.25, -0.2) is 0 Å². The quantitative estimate of drug-likeness (QED) is 0.904. The zero-order chi connectivity index (χ0) is 14.6. The Bertz CT molecular complexity index is 466. The van der Waals surface area contributed by atoms with Gasteiger partial charge in [-0.2, -0.15) is 0 Å². The lowest BCUT2D eigenvalue weighted by atomic mass is 10.2. The summed E-state index contributed by atoms with van der Waals surface area (Å²) in [6.45, 7) is 8.97. The minimum Gasteiger partial charge on any atom is -0.314 e. The predicted molar refractivity (Wildman–Crippen MR) is 85.4 cm³/mol. The first kappa shape index (κ1) is 16.1. The van der Waals surface area contributed by atoms with E-state index >= 15 is 0 Å². The molecule has 0 saturated heterocycles. The van der Waals surface area contributed by atoms with E-state index in [9.17, 15) is 0 Å². The highest BCUT2D eigenvalue weighted by Crippen LogP contribution is 1.96. The first-order chi connectivity index (χ1) is 9.72. The van der Waals surface area contributed by atoms with Crippen molar-refractivity contribution < 1.29 is 0 Å². The first-order valence-corrected chi connectivity index (χ1v) is 6.87. The van der Waals surface area contributed by atoms with Crippen LogP contribution >= 0.6 is 0 Å². The van der Waals surface area contributed by atoms with Gasteiger partial charge in [-0.15, -0.1) is 0 Å². The highest BCUT2D eigenvalue weighted by atomic mass is 14.9. The summed E-state index contributed by atoms with van der Waals surface area (Å²) < 4.78 is 0. The Morgan fingerprint density at radius 3 is 2.05 bits per heavy atom. The minimum absolute atomic E-state index is 0.576. The lowest BCUT2D eigenvalue weighted by molar-refractivity contribution is 0.590. The van der Waals surface area contributed by atoms with Crippen molar-refractivity contribution in [2.75, 3.05) is 6.54 Å². The third kappa shape index (κ3) is 7.44. The second kappa shape index (κ2) is 9.87. The Hall–Kier alpha value is -2.00. The van der Waals surface area contributed by atoms with E-state index in [-0.39, 0.29) is 0 Å². The third-order valence-electron chi connectivity index (χ3n) is 2.66. The number of aromatic nitrogens is 2. The Balaban J connectivity index is 0.000000217. The van der Waals surface area contributed by atoms with E-state index in [1.807, 2.05) is 24.5 Å². The van der Waals surface area contributed by atoms with Gasteiger partial charge in [0.05, 0.1) is 0 Å². The fourth-order valence-corrected chi connectivity index (χ4v) is 1.55. The van der Waals surface area contributed by atoms with Crippen LogP contribution in [0.3, 0.4) is 0 Å². The lowest BCUT2D eigenvalue weighted by Crippen LogP contribution is -2.24. The summed E-state index contributed by atoms with van der Waals surface area (Å²) in [4.78, 5) is 7.81. The molecule has 0 aliphatic heterocycles. The van der Waals surface area contributed by atoms with Crippen LogP contribution in [0.2, 0.25) is 0 Å². The van der Waals surface area contributed by atoms with Crippen LogP contribution in [-0.4, -0.2) is 22.6 Å². The van der Waals surface area contributed by atoms with Crippen molar-refractivity contribution >= 4 is 6.08 Å². The van der Waals surface area contributed by atoms with Crippen LogP contribution in [0.25, 0.3) is 6.08 Å². The second-order valence-electron chi connectivity index (χ2n) is 4.70. The summed E-state index contributed by atoms with van der Waals surface area (Å²) >= 11 is 0. The molecule has 3 heteroatoms. The molecule has 0 unspecified atom stereocenters. The molecular formula is C17H23N3. The standard InChI is InChI=1S/C10H16N2.C7H7N/c1-9(2)12-8-5-10-3-6-11-7-4-10;1-2-7-3-5-8-6-4-7/h3-4,6-7,9,12H,5,8H2,1-2H3;2-6H,1H2. The summed E-state index contributed by atoms with van der Waals surface area (Å²) in [5, 5.41) is 3.37. The van der Waals surface area contributed by atoms with Gasteiger partial charge >= 0.3 is 0 Å². The maximum Gasteiger partial charge on any atom is 0.0273 e. The molecule has 0 saturated carbocycles. The molecule has 20 heavy (non-hydrogen) atoms. The van der Waals surface area contributed by atoms with Crippen LogP contribution in [0.4, 0.5) is 0 Å². The molecule has 106 valence electrons. The van der Waals surface area contributed by atoms with Crippen molar-refractivity contribution in [3.05, 3.63) is 66.8 Å². The molecular weight excluding hydrogens is 246 g/mol. The fraction of sp³-hybridized carbons (Fsp3) is 0.294. The maximum atomic E-state index is 3.97. The zero-order valence-corrected chi connectivity index (χ0v) is 12.3. The number of nitrogens with zero attached hydrogens (tertiary/aromatic N) is 2. The Kier molecular flexibility index (Phi) is 7.92. The molecule has 2 aromatic heterocycles. The van der Waals surface area contributed by atoms with Gasteiger partial charge in [-0.05, 0) is 48.4 Å². The number of pyridine rings is 2. The second-order valence-corrected chi connectivity index (χ2v) is 4.70. The molecule has 0 aromatic carbocycles. The molecule has 2 aromatic rings. The maximum absolute atomic E-state index is 3.97. The van der Waals surface area contributed by atoms with Crippen LogP contribution in [0.5, 0.6) is 0 Å². The van der Waals surface area contributed by atoms with Crippen LogP contribution in [-0.2, 0) is 6.42 Å². The van der Waals surface area contributed by atoms with E-state index in [0.29, 0.717) is 6.04 Å². The Labute approximate surface area is 121 Å². The monoisotopic (exact) mass is 269 g/mol. The molecule has 0 bridgehead atoms. The molecule has 0 amide bonds. The van der Waals surface area contributed by atoms with Crippen LogP contribution in [0.1, 0.15) is 25.0 Å². The van der Waals surface area contributed by atoms with Crippen LogP contribution in [0.15, 0.2) is 55.6 Å². The fourth-order valence-electron chi connectivity index (χ4n) is 1.55. The Morgan fingerprint density at radius 1 is 1.05 bits per heavy atom. The lowest BCUT2D eigenvalue weighted by Gasteiger charge is -2.06. The third-order valence-corrected chi connectivity index (χ3v) is 2.66. The van der Waals surface area contributed by atoms with Gasteiger partial charge in [-0.3, -0.25) is 9.97 Å². The van der Waals surface area contributed by atoms with Gasteiger partial charge < -0.3 is 5.32 Å². The summed E-state index contributed by atoms with van der Waals surface area (Å²) in [6, 6.07) is 8.51.